The third-order valence-electron chi connectivity index (χ3n) is 2.39. The molecule has 0 saturated heterocycles. The molecule has 0 bridgehead atoms. The first-order valence-corrected chi connectivity index (χ1v) is 7.64. The number of thioether (sulfide) groups is 1. The van der Waals surface area contributed by atoms with Crippen molar-refractivity contribution in [1.82, 2.24) is 10.9 Å². The van der Waals surface area contributed by atoms with Gasteiger partial charge < -0.3 is 10.8 Å². The minimum atomic E-state index is -1.31. The highest BCUT2D eigenvalue weighted by atomic mass is 32.2. The molecule has 0 aromatic carbocycles. The molecule has 0 radical (unpaired) electrons. The fourth-order valence-corrected chi connectivity index (χ4v) is 2.07. The van der Waals surface area contributed by atoms with Crippen LogP contribution in [0, 0.1) is 5.92 Å². The van der Waals surface area contributed by atoms with Gasteiger partial charge in [-0.15, -0.1) is 0 Å². The Labute approximate surface area is 118 Å². The van der Waals surface area contributed by atoms with Crippen LogP contribution in [-0.2, 0) is 9.59 Å². The van der Waals surface area contributed by atoms with Crippen LogP contribution in [0.3, 0.4) is 0 Å². The van der Waals surface area contributed by atoms with E-state index in [2.05, 4.69) is 10.9 Å². The van der Waals surface area contributed by atoms with Gasteiger partial charge in [-0.25, -0.2) is 0 Å². The minimum Gasteiger partial charge on any atom is -0.382 e. The fraction of sp³-hybridized carbons (Fsp3) is 0.833. The van der Waals surface area contributed by atoms with E-state index >= 15 is 0 Å². The molecule has 6 nitrogen and oxygen atoms in total. The highest BCUT2D eigenvalue weighted by Gasteiger charge is 2.22. The van der Waals surface area contributed by atoms with E-state index in [1.165, 1.54) is 0 Å². The summed E-state index contributed by atoms with van der Waals surface area (Å²) in [5.41, 5.74) is 10.2. The van der Waals surface area contributed by atoms with Gasteiger partial charge in [-0.3, -0.25) is 20.4 Å². The zero-order valence-corrected chi connectivity index (χ0v) is 12.6. The number of hydrogen-bond acceptors (Lipinski definition) is 5. The Morgan fingerprint density at radius 2 is 1.95 bits per heavy atom. The number of rotatable bonds is 8. The van der Waals surface area contributed by atoms with Crippen LogP contribution < -0.4 is 16.6 Å². The summed E-state index contributed by atoms with van der Waals surface area (Å²) in [7, 11) is 0. The van der Waals surface area contributed by atoms with Crippen molar-refractivity contribution in [2.45, 2.75) is 45.8 Å². The summed E-state index contributed by atoms with van der Waals surface area (Å²) in [6, 6.07) is -0.624. The van der Waals surface area contributed by atoms with E-state index in [1.54, 1.807) is 11.8 Å². The summed E-state index contributed by atoms with van der Waals surface area (Å²) < 4.78 is 0. The van der Waals surface area contributed by atoms with E-state index in [9.17, 15) is 14.7 Å². The first-order chi connectivity index (χ1) is 8.88. The van der Waals surface area contributed by atoms with E-state index in [0.29, 0.717) is 12.8 Å². The predicted molar refractivity (Wildman–Crippen MR) is 77.3 cm³/mol. The number of aliphatic hydroxyl groups is 1. The van der Waals surface area contributed by atoms with E-state index < -0.39 is 18.1 Å². The Balaban J connectivity index is 3.95. The quantitative estimate of drug-likeness (QED) is 0.372. The zero-order chi connectivity index (χ0) is 14.8. The first-order valence-electron chi connectivity index (χ1n) is 6.48. The average molecular weight is 291 g/mol. The number of hydrazine groups is 1. The van der Waals surface area contributed by atoms with Crippen molar-refractivity contribution in [2.75, 3.05) is 11.5 Å². The SMILES string of the molecule is CCSCC[C@@H](N)C(O)C(=O)NNC(=O)CC(C)C. The van der Waals surface area contributed by atoms with Crippen LogP contribution in [0.1, 0.15) is 33.6 Å². The molecule has 0 aromatic heterocycles. The number of nitrogens with two attached hydrogens (primary N) is 1. The van der Waals surface area contributed by atoms with Gasteiger partial charge in [0.1, 0.15) is 6.10 Å². The van der Waals surface area contributed by atoms with Crippen molar-refractivity contribution in [3.8, 4) is 0 Å². The summed E-state index contributed by atoms with van der Waals surface area (Å²) in [4.78, 5) is 22.9. The second kappa shape index (κ2) is 10.1. The Morgan fingerprint density at radius 3 is 2.47 bits per heavy atom. The standard InChI is InChI=1S/C12H25N3O3S/c1-4-19-6-5-9(13)11(17)12(18)15-14-10(16)7-8(2)3/h8-9,11,17H,4-7,13H2,1-3H3,(H,14,16)(H,15,18)/t9-,11?/m1/s1. The van der Waals surface area contributed by atoms with E-state index in [1.807, 2.05) is 20.8 Å². The lowest BCUT2D eigenvalue weighted by Gasteiger charge is -2.18. The van der Waals surface area contributed by atoms with Gasteiger partial charge in [-0.2, -0.15) is 11.8 Å². The van der Waals surface area contributed by atoms with Gasteiger partial charge in [0.15, 0.2) is 0 Å². The van der Waals surface area contributed by atoms with Gasteiger partial charge >= 0.3 is 0 Å². The maximum Gasteiger partial charge on any atom is 0.268 e. The van der Waals surface area contributed by atoms with Crippen molar-refractivity contribution in [3.05, 3.63) is 0 Å². The van der Waals surface area contributed by atoms with Crippen molar-refractivity contribution in [1.29, 1.82) is 0 Å². The molecule has 0 aliphatic rings. The van der Waals surface area contributed by atoms with Crippen LogP contribution in [0.5, 0.6) is 0 Å². The number of nitrogens with one attached hydrogen (secondary N) is 2. The highest BCUT2D eigenvalue weighted by Crippen LogP contribution is 2.05. The van der Waals surface area contributed by atoms with Crippen LogP contribution >= 0.6 is 11.8 Å². The first kappa shape index (κ1) is 18.2. The summed E-state index contributed by atoms with van der Waals surface area (Å²) in [5.74, 6) is 1.01. The van der Waals surface area contributed by atoms with E-state index in [-0.39, 0.29) is 11.8 Å². The van der Waals surface area contributed by atoms with E-state index in [4.69, 9.17) is 5.73 Å². The van der Waals surface area contributed by atoms with Crippen LogP contribution in [0.4, 0.5) is 0 Å². The number of carbonyl (C=O) groups excluding carboxylic acids is 2. The molecule has 0 spiro atoms. The van der Waals surface area contributed by atoms with Crippen LogP contribution in [0.15, 0.2) is 0 Å². The van der Waals surface area contributed by atoms with Crippen LogP contribution in [0.25, 0.3) is 0 Å². The lowest BCUT2D eigenvalue weighted by atomic mass is 10.1. The average Bonchev–Trinajstić information content (AvgIpc) is 2.34. The molecule has 0 fully saturated rings. The Bertz CT molecular complexity index is 287. The maximum absolute atomic E-state index is 11.5. The number of hydrogen-bond donors (Lipinski definition) is 4. The van der Waals surface area contributed by atoms with Gasteiger partial charge in [0, 0.05) is 12.5 Å². The smallest absolute Gasteiger partial charge is 0.268 e. The van der Waals surface area contributed by atoms with Crippen LogP contribution in [-0.4, -0.2) is 40.6 Å². The Morgan fingerprint density at radius 1 is 1.32 bits per heavy atom. The van der Waals surface area contributed by atoms with Gasteiger partial charge in [0.2, 0.25) is 5.91 Å². The topological polar surface area (TPSA) is 104 Å². The fourth-order valence-electron chi connectivity index (χ4n) is 1.34. The molecule has 1 unspecified atom stereocenters. The minimum absolute atomic E-state index is 0.204. The summed E-state index contributed by atoms with van der Waals surface area (Å²) in [6.07, 6.45) is -0.445. The van der Waals surface area contributed by atoms with Crippen molar-refractivity contribution in [2.24, 2.45) is 11.7 Å². The molecule has 19 heavy (non-hydrogen) atoms. The summed E-state index contributed by atoms with van der Waals surface area (Å²) >= 11 is 1.70. The molecule has 0 aromatic rings. The molecule has 2 atom stereocenters. The molecule has 0 aliphatic heterocycles. The Kier molecular flexibility index (Phi) is 9.63. The molecule has 7 heteroatoms. The number of amides is 2. The van der Waals surface area contributed by atoms with Crippen molar-refractivity contribution >= 4 is 23.6 Å². The third kappa shape index (κ3) is 8.85. The molecule has 0 heterocycles. The molecule has 2 amide bonds. The predicted octanol–water partition coefficient (Wildman–Crippen LogP) is 0.0113. The van der Waals surface area contributed by atoms with E-state index in [0.717, 1.165) is 11.5 Å². The molecule has 112 valence electrons. The number of aliphatic hydroxyl groups excluding tert-OH is 1. The molecule has 0 saturated carbocycles. The lowest BCUT2D eigenvalue weighted by Crippen LogP contribution is -2.52. The highest BCUT2D eigenvalue weighted by molar-refractivity contribution is 7.99. The Hall–Kier alpha value is -0.790. The monoisotopic (exact) mass is 291 g/mol. The zero-order valence-electron chi connectivity index (χ0n) is 11.8. The molecule has 0 aliphatic carbocycles. The lowest BCUT2D eigenvalue weighted by molar-refractivity contribution is -0.135. The molecular weight excluding hydrogens is 266 g/mol. The van der Waals surface area contributed by atoms with Gasteiger partial charge in [-0.05, 0) is 23.8 Å². The van der Waals surface area contributed by atoms with Crippen molar-refractivity contribution < 1.29 is 14.7 Å². The van der Waals surface area contributed by atoms with Gasteiger partial charge in [0.25, 0.3) is 5.91 Å². The second-order valence-corrected chi connectivity index (χ2v) is 6.12. The second-order valence-electron chi connectivity index (χ2n) is 4.73. The molecule has 5 N–H and O–H groups in total. The maximum atomic E-state index is 11.5. The largest absolute Gasteiger partial charge is 0.382 e. The molecular formula is C12H25N3O3S. The van der Waals surface area contributed by atoms with Gasteiger partial charge in [0.05, 0.1) is 0 Å². The normalized spacial score (nSPS) is 14.0. The summed E-state index contributed by atoms with van der Waals surface area (Å²) in [6.45, 7) is 5.83. The summed E-state index contributed by atoms with van der Waals surface area (Å²) in [5, 5.41) is 9.68. The number of carbonyl (C=O) groups is 2. The third-order valence-corrected chi connectivity index (χ3v) is 3.33. The molecule has 0 rings (SSSR count). The van der Waals surface area contributed by atoms with Crippen LogP contribution in [0.2, 0.25) is 0 Å². The van der Waals surface area contributed by atoms with Crippen molar-refractivity contribution in [3.63, 3.8) is 0 Å². The van der Waals surface area contributed by atoms with Gasteiger partial charge in [-0.1, -0.05) is 20.8 Å².